The van der Waals surface area contributed by atoms with Crippen molar-refractivity contribution < 1.29 is 0 Å². The topological polar surface area (TPSA) is 18.5 Å². The van der Waals surface area contributed by atoms with Crippen molar-refractivity contribution in [3.63, 3.8) is 0 Å². The van der Waals surface area contributed by atoms with Crippen LogP contribution in [0.4, 0.5) is 45.5 Å². The van der Waals surface area contributed by atoms with Gasteiger partial charge in [-0.15, -0.1) is 11.3 Å². The highest BCUT2D eigenvalue weighted by atomic mass is 32.1. The van der Waals surface area contributed by atoms with Crippen molar-refractivity contribution in [2.24, 2.45) is 0 Å². The molecule has 1 radical (unpaired) electrons. The van der Waals surface area contributed by atoms with Gasteiger partial charge < -0.3 is 15.1 Å². The van der Waals surface area contributed by atoms with Crippen LogP contribution in [0.1, 0.15) is 84.6 Å². The molecular weight excluding hydrogens is 962 g/mol. The van der Waals surface area contributed by atoms with Gasteiger partial charge in [-0.2, -0.15) is 0 Å². The number of nitrogens with zero attached hydrogens (tertiary/aromatic N) is 2. The molecule has 1 aliphatic heterocycles. The molecule has 0 unspecified atom stereocenters. The lowest BCUT2D eigenvalue weighted by Crippen LogP contribution is -2.41. The lowest BCUT2D eigenvalue weighted by atomic mass is 9.57. The summed E-state index contributed by atoms with van der Waals surface area (Å²) in [6, 6.07) is 81.3. The van der Waals surface area contributed by atoms with E-state index in [0.29, 0.717) is 0 Å². The van der Waals surface area contributed by atoms with Crippen molar-refractivity contribution in [1.82, 2.24) is 0 Å². The summed E-state index contributed by atoms with van der Waals surface area (Å²) in [4.78, 5) is 5.00. The molecule has 0 spiro atoms. The Morgan fingerprint density at radius 1 is 0.436 bits per heavy atom. The molecule has 1 aliphatic rings. The number of benzene rings is 10. The van der Waals surface area contributed by atoms with E-state index in [2.05, 4.69) is 310 Å². The van der Waals surface area contributed by atoms with E-state index in [-0.39, 0.29) is 16.2 Å². The van der Waals surface area contributed by atoms with Gasteiger partial charge in [-0.05, 0) is 151 Å². The van der Waals surface area contributed by atoms with Crippen LogP contribution in [0.15, 0.2) is 218 Å². The van der Waals surface area contributed by atoms with Crippen LogP contribution in [0.3, 0.4) is 0 Å². The molecule has 78 heavy (non-hydrogen) atoms. The van der Waals surface area contributed by atoms with Crippen LogP contribution in [-0.4, -0.2) is 7.28 Å². The normalized spacial score (nSPS) is 12.6. The maximum atomic E-state index is 4.06. The zero-order chi connectivity index (χ0) is 54.1. The Hall–Kier alpha value is -8.12. The van der Waals surface area contributed by atoms with Crippen LogP contribution >= 0.6 is 11.3 Å². The van der Waals surface area contributed by atoms with Crippen LogP contribution in [-0.2, 0) is 16.2 Å². The van der Waals surface area contributed by atoms with Crippen LogP contribution < -0.4 is 26.0 Å². The molecule has 383 valence electrons. The number of hydrogen-bond donors (Lipinski definition) is 1. The molecule has 0 saturated heterocycles. The lowest BCUT2D eigenvalue weighted by molar-refractivity contribution is 0.589. The highest BCUT2D eigenvalue weighted by Gasteiger charge is 2.33. The van der Waals surface area contributed by atoms with Gasteiger partial charge in [0.05, 0.1) is 5.69 Å². The number of anilines is 8. The quantitative estimate of drug-likeness (QED) is 0.145. The molecule has 0 bridgehead atoms. The monoisotopic (exact) mass is 1030 g/mol. The second kappa shape index (κ2) is 19.7. The summed E-state index contributed by atoms with van der Waals surface area (Å²) in [6.07, 6.45) is 0. The Balaban J connectivity index is 1.12. The minimum Gasteiger partial charge on any atom is -0.355 e. The molecule has 3 nitrogen and oxygen atoms in total. The van der Waals surface area contributed by atoms with E-state index in [4.69, 9.17) is 0 Å². The van der Waals surface area contributed by atoms with Gasteiger partial charge in [0.15, 0.2) is 7.28 Å². The molecule has 10 aromatic carbocycles. The molecule has 0 atom stereocenters. The summed E-state index contributed by atoms with van der Waals surface area (Å²) in [7, 11) is 2.47. The van der Waals surface area contributed by atoms with Gasteiger partial charge in [0, 0.05) is 65.5 Å². The summed E-state index contributed by atoms with van der Waals surface area (Å²) >= 11 is 1.88. The Labute approximate surface area is 467 Å². The number of aryl methyl sites for hydroxylation is 1. The van der Waals surface area contributed by atoms with E-state index in [1.165, 1.54) is 98.2 Å². The summed E-state index contributed by atoms with van der Waals surface area (Å²) in [6.45, 7) is 22.9. The summed E-state index contributed by atoms with van der Waals surface area (Å²) < 4.78 is 2.52. The number of thiophene rings is 1. The smallest absolute Gasteiger partial charge is 0.197 e. The van der Waals surface area contributed by atoms with Crippen molar-refractivity contribution >= 4 is 95.2 Å². The molecule has 2 heterocycles. The molecule has 11 aromatic rings. The highest BCUT2D eigenvalue weighted by Crippen LogP contribution is 2.50. The Morgan fingerprint density at radius 3 is 1.56 bits per heavy atom. The summed E-state index contributed by atoms with van der Waals surface area (Å²) in [5, 5.41) is 6.60. The lowest BCUT2D eigenvalue weighted by Gasteiger charge is -2.37. The molecule has 0 fully saturated rings. The van der Waals surface area contributed by atoms with Gasteiger partial charge in [-0.25, -0.2) is 0 Å². The zero-order valence-corrected chi connectivity index (χ0v) is 47.5. The van der Waals surface area contributed by atoms with Gasteiger partial charge in [0.1, 0.15) is 0 Å². The Bertz CT molecular complexity index is 3950. The maximum Gasteiger partial charge on any atom is 0.197 e. The van der Waals surface area contributed by atoms with Gasteiger partial charge >= 0.3 is 0 Å². The summed E-state index contributed by atoms with van der Waals surface area (Å²) in [5.41, 5.74) is 23.4. The van der Waals surface area contributed by atoms with Crippen molar-refractivity contribution in [3.8, 4) is 33.4 Å². The van der Waals surface area contributed by atoms with E-state index in [1.807, 2.05) is 11.3 Å². The second-order valence-electron chi connectivity index (χ2n) is 24.3. The average Bonchev–Trinajstić information content (AvgIpc) is 4.03. The first kappa shape index (κ1) is 50.7. The third kappa shape index (κ3) is 9.60. The largest absolute Gasteiger partial charge is 0.355 e. The third-order valence-electron chi connectivity index (χ3n) is 15.7. The molecule has 0 saturated carbocycles. The van der Waals surface area contributed by atoms with E-state index < -0.39 is 0 Å². The SMILES string of the molecule is Cc1cc(C(C)(C)C)ccc1N1c2ccc(-c3ccccc3)cc2[B]c2c(-c3ccc(N(c4ccc(C(C)(C)C)cc4)c4ccc(C(C)(C)C)cc4)cc3Nc3ccc(-c4ccccc4)cc3)cc3sc4ccccc4c3c21. The molecule has 12 rings (SSSR count). The van der Waals surface area contributed by atoms with Crippen LogP contribution in [0.5, 0.6) is 0 Å². The van der Waals surface area contributed by atoms with Gasteiger partial charge in [-0.1, -0.05) is 213 Å². The minimum absolute atomic E-state index is 0.00211. The summed E-state index contributed by atoms with van der Waals surface area (Å²) in [5.74, 6) is 0. The van der Waals surface area contributed by atoms with Gasteiger partial charge in [-0.3, -0.25) is 0 Å². The predicted molar refractivity (Wildman–Crippen MR) is 341 cm³/mol. The second-order valence-corrected chi connectivity index (χ2v) is 25.3. The fourth-order valence-corrected chi connectivity index (χ4v) is 12.4. The molecule has 1 N–H and O–H groups in total. The Kier molecular flexibility index (Phi) is 12.8. The molecule has 0 amide bonds. The number of nitrogens with one attached hydrogen (secondary N) is 1. The third-order valence-corrected chi connectivity index (χ3v) is 16.8. The zero-order valence-electron chi connectivity index (χ0n) is 46.7. The fourth-order valence-electron chi connectivity index (χ4n) is 11.3. The van der Waals surface area contributed by atoms with Gasteiger partial charge in [0.25, 0.3) is 0 Å². The van der Waals surface area contributed by atoms with Crippen LogP contribution in [0.25, 0.3) is 53.6 Å². The van der Waals surface area contributed by atoms with E-state index >= 15 is 0 Å². The van der Waals surface area contributed by atoms with Crippen molar-refractivity contribution in [3.05, 3.63) is 241 Å². The Morgan fingerprint density at radius 2 is 0.962 bits per heavy atom. The van der Waals surface area contributed by atoms with Crippen LogP contribution in [0, 0.1) is 6.92 Å². The van der Waals surface area contributed by atoms with E-state index in [9.17, 15) is 0 Å². The van der Waals surface area contributed by atoms with Crippen LogP contribution in [0.2, 0.25) is 0 Å². The first-order valence-corrected chi connectivity index (χ1v) is 28.3. The first-order valence-electron chi connectivity index (χ1n) is 27.5. The molecule has 1 aromatic heterocycles. The first-order chi connectivity index (χ1) is 37.5. The minimum atomic E-state index is 0.00211. The fraction of sp³-hybridized carbons (Fsp3) is 0.178. The predicted octanol–water partition coefficient (Wildman–Crippen LogP) is 19.9. The highest BCUT2D eigenvalue weighted by molar-refractivity contribution is 7.26. The maximum absolute atomic E-state index is 4.06. The van der Waals surface area contributed by atoms with Crippen molar-refractivity contribution in [2.45, 2.75) is 85.5 Å². The van der Waals surface area contributed by atoms with E-state index in [0.717, 1.165) is 34.0 Å². The molecule has 5 heteroatoms. The molecular formula is C73H67BN3S. The van der Waals surface area contributed by atoms with Gasteiger partial charge in [0.2, 0.25) is 0 Å². The van der Waals surface area contributed by atoms with Crippen molar-refractivity contribution in [2.75, 3.05) is 15.1 Å². The van der Waals surface area contributed by atoms with Crippen molar-refractivity contribution in [1.29, 1.82) is 0 Å². The standard InChI is InChI=1S/C73H67BN3S/c1-47-43-54(73(8,9)10)32-42-64(47)77-65-41-27-51(49-21-15-12-16-22-49)44-62(65)74-69-61(46-67-68(70(69)77)60-23-17-18-24-66(60)78-67)59-40-39-58(45-63(59)75-55-33-25-50(26-34-55)48-19-13-11-14-20-48)76(56-35-28-52(29-36-56)71(2,3)4)57-37-30-53(31-38-57)72(5,6)7/h11-46,75H,1-10H3. The number of rotatable bonds is 9. The van der Waals surface area contributed by atoms with E-state index in [1.54, 1.807) is 0 Å². The average molecular weight is 1030 g/mol. The number of hydrogen-bond acceptors (Lipinski definition) is 4. The number of fused-ring (bicyclic) bond motifs is 6. The molecule has 0 aliphatic carbocycles.